The maximum atomic E-state index is 13.1. The lowest BCUT2D eigenvalue weighted by Gasteiger charge is -2.37. The number of hydrogen-bond acceptors (Lipinski definition) is 4. The molecule has 2 aromatic carbocycles. The predicted molar refractivity (Wildman–Crippen MR) is 128 cm³/mol. The molecule has 194 valence electrons. The van der Waals surface area contributed by atoms with Crippen LogP contribution in [-0.4, -0.2) is 67.6 Å². The second-order valence-corrected chi connectivity index (χ2v) is 9.32. The van der Waals surface area contributed by atoms with Gasteiger partial charge in [-0.1, -0.05) is 36.4 Å². The number of rotatable bonds is 9. The van der Waals surface area contributed by atoms with Crippen molar-refractivity contribution in [3.63, 3.8) is 0 Å². The topological polar surface area (TPSA) is 73.9 Å². The van der Waals surface area contributed by atoms with Crippen molar-refractivity contribution in [1.82, 2.24) is 20.4 Å². The van der Waals surface area contributed by atoms with Crippen LogP contribution in [0.25, 0.3) is 0 Å². The van der Waals surface area contributed by atoms with E-state index in [1.54, 1.807) is 4.90 Å². The molecule has 0 aromatic heterocycles. The number of amides is 3. The van der Waals surface area contributed by atoms with Crippen LogP contribution in [0.2, 0.25) is 0 Å². The van der Waals surface area contributed by atoms with Gasteiger partial charge in [0.15, 0.2) is 0 Å². The van der Waals surface area contributed by atoms with Crippen molar-refractivity contribution in [3.05, 3.63) is 65.7 Å². The molecule has 36 heavy (non-hydrogen) atoms. The average Bonchev–Trinajstić information content (AvgIpc) is 3.27. The summed E-state index contributed by atoms with van der Waals surface area (Å²) >= 11 is 0. The summed E-state index contributed by atoms with van der Waals surface area (Å²) in [6, 6.07) is 14.7. The molecule has 0 bridgehead atoms. The van der Waals surface area contributed by atoms with E-state index in [1.807, 2.05) is 30.3 Å². The fourth-order valence-electron chi connectivity index (χ4n) is 4.74. The van der Waals surface area contributed by atoms with Gasteiger partial charge in [0.05, 0.1) is 18.1 Å². The molecule has 3 amide bonds. The Morgan fingerprint density at radius 1 is 1.11 bits per heavy atom. The van der Waals surface area contributed by atoms with Gasteiger partial charge in [0, 0.05) is 51.7 Å². The van der Waals surface area contributed by atoms with E-state index in [-0.39, 0.29) is 36.1 Å². The highest BCUT2D eigenvalue weighted by Gasteiger charge is 2.33. The summed E-state index contributed by atoms with van der Waals surface area (Å²) in [7, 11) is 0. The second kappa shape index (κ2) is 11.6. The van der Waals surface area contributed by atoms with Crippen LogP contribution in [0, 0.1) is 11.8 Å². The first kappa shape index (κ1) is 25.8. The van der Waals surface area contributed by atoms with Gasteiger partial charge in [-0.05, 0) is 30.2 Å². The van der Waals surface area contributed by atoms with Gasteiger partial charge in [-0.25, -0.2) is 4.79 Å². The van der Waals surface area contributed by atoms with E-state index in [2.05, 4.69) is 15.5 Å². The molecule has 2 heterocycles. The van der Waals surface area contributed by atoms with E-state index in [4.69, 9.17) is 4.74 Å². The number of benzene rings is 2. The first-order chi connectivity index (χ1) is 17.3. The van der Waals surface area contributed by atoms with Crippen molar-refractivity contribution in [2.75, 3.05) is 45.9 Å². The summed E-state index contributed by atoms with van der Waals surface area (Å²) in [6.45, 7) is 4.17. The Bertz CT molecular complexity index is 1030. The number of urea groups is 1. The monoisotopic (exact) mass is 504 g/mol. The lowest BCUT2D eigenvalue weighted by atomic mass is 9.88. The molecule has 2 atom stereocenters. The SMILES string of the molecule is O=C(NCCN1CCNC1=O)[C@@H]1C[C@H](COc2cccc(C(F)(F)F)c2)CN(Cc2ccccc2)C1. The van der Waals surface area contributed by atoms with Crippen LogP contribution in [0.3, 0.4) is 0 Å². The summed E-state index contributed by atoms with van der Waals surface area (Å²) < 4.78 is 44.9. The maximum Gasteiger partial charge on any atom is 0.416 e. The van der Waals surface area contributed by atoms with Crippen LogP contribution in [0.1, 0.15) is 17.5 Å². The fraction of sp³-hybridized carbons (Fsp3) is 0.462. The highest BCUT2D eigenvalue weighted by atomic mass is 19.4. The second-order valence-electron chi connectivity index (χ2n) is 9.32. The molecule has 0 spiro atoms. The van der Waals surface area contributed by atoms with Crippen LogP contribution in [-0.2, 0) is 17.5 Å². The smallest absolute Gasteiger partial charge is 0.416 e. The summed E-state index contributed by atoms with van der Waals surface area (Å²) in [5.74, 6) is -0.242. The lowest BCUT2D eigenvalue weighted by molar-refractivity contribution is -0.137. The third-order valence-corrected chi connectivity index (χ3v) is 6.51. The maximum absolute atomic E-state index is 13.1. The van der Waals surface area contributed by atoms with Gasteiger partial charge in [-0.2, -0.15) is 13.2 Å². The molecule has 2 N–H and O–H groups in total. The van der Waals surface area contributed by atoms with Gasteiger partial charge in [0.1, 0.15) is 5.75 Å². The Morgan fingerprint density at radius 2 is 1.92 bits per heavy atom. The van der Waals surface area contributed by atoms with Crippen molar-refractivity contribution in [2.24, 2.45) is 11.8 Å². The Kier molecular flexibility index (Phi) is 8.35. The van der Waals surface area contributed by atoms with E-state index < -0.39 is 11.7 Å². The molecule has 4 rings (SSSR count). The molecule has 2 aliphatic rings. The molecule has 0 aliphatic carbocycles. The highest BCUT2D eigenvalue weighted by molar-refractivity contribution is 5.79. The summed E-state index contributed by atoms with van der Waals surface area (Å²) in [5.41, 5.74) is 0.370. The Hall–Kier alpha value is -3.27. The van der Waals surface area contributed by atoms with Gasteiger partial charge in [0.25, 0.3) is 0 Å². The minimum absolute atomic E-state index is 0.0304. The van der Waals surface area contributed by atoms with Crippen molar-refractivity contribution < 1.29 is 27.5 Å². The Morgan fingerprint density at radius 3 is 2.64 bits per heavy atom. The Balaban J connectivity index is 1.37. The number of alkyl halides is 3. The van der Waals surface area contributed by atoms with E-state index in [1.165, 1.54) is 12.1 Å². The number of ether oxygens (including phenoxy) is 1. The molecule has 7 nitrogen and oxygen atoms in total. The molecule has 2 saturated heterocycles. The van der Waals surface area contributed by atoms with Gasteiger partial charge < -0.3 is 20.3 Å². The van der Waals surface area contributed by atoms with Crippen LogP contribution in [0.15, 0.2) is 54.6 Å². The van der Waals surface area contributed by atoms with Crippen molar-refractivity contribution in [3.8, 4) is 5.75 Å². The standard InChI is InChI=1S/C26H31F3N4O3/c27-26(28,29)22-7-4-8-23(14-22)36-18-20-13-21(17-32(16-20)15-19-5-2-1-3-6-19)24(34)30-9-11-33-12-10-31-25(33)35/h1-8,14,20-21H,9-13,15-18H2,(H,30,34)(H,31,35)/t20-,21+/m0/s1. The van der Waals surface area contributed by atoms with E-state index >= 15 is 0 Å². The van der Waals surface area contributed by atoms with Crippen molar-refractivity contribution in [1.29, 1.82) is 0 Å². The highest BCUT2D eigenvalue weighted by Crippen LogP contribution is 2.32. The molecule has 2 fully saturated rings. The number of nitrogens with zero attached hydrogens (tertiary/aromatic N) is 2. The quantitative estimate of drug-likeness (QED) is 0.549. The zero-order valence-corrected chi connectivity index (χ0v) is 20.0. The van der Waals surface area contributed by atoms with E-state index in [9.17, 15) is 22.8 Å². The number of nitrogens with one attached hydrogen (secondary N) is 2. The van der Waals surface area contributed by atoms with Gasteiger partial charge in [-0.15, -0.1) is 0 Å². The molecular weight excluding hydrogens is 473 g/mol. The third kappa shape index (κ3) is 7.13. The largest absolute Gasteiger partial charge is 0.493 e. The molecule has 2 aromatic rings. The number of piperidine rings is 1. The summed E-state index contributed by atoms with van der Waals surface area (Å²) in [6.07, 6.45) is -3.87. The molecule has 2 aliphatic heterocycles. The Labute approximate surface area is 208 Å². The van der Waals surface area contributed by atoms with Crippen LogP contribution >= 0.6 is 0 Å². The number of halogens is 3. The van der Waals surface area contributed by atoms with E-state index in [0.717, 1.165) is 17.7 Å². The normalized spacial score (nSPS) is 20.8. The average molecular weight is 505 g/mol. The van der Waals surface area contributed by atoms with Crippen LogP contribution in [0.5, 0.6) is 5.75 Å². The van der Waals surface area contributed by atoms with Crippen molar-refractivity contribution >= 4 is 11.9 Å². The van der Waals surface area contributed by atoms with Gasteiger partial charge in [-0.3, -0.25) is 9.69 Å². The van der Waals surface area contributed by atoms with E-state index in [0.29, 0.717) is 52.2 Å². The van der Waals surface area contributed by atoms with Crippen molar-refractivity contribution in [2.45, 2.75) is 19.1 Å². The summed E-state index contributed by atoms with van der Waals surface area (Å²) in [4.78, 5) is 28.6. The number of carbonyl (C=O) groups excluding carboxylic acids is 2. The number of likely N-dealkylation sites (tertiary alicyclic amines) is 1. The van der Waals surface area contributed by atoms with Gasteiger partial charge >= 0.3 is 12.2 Å². The van der Waals surface area contributed by atoms with Gasteiger partial charge in [0.2, 0.25) is 5.91 Å². The number of carbonyl (C=O) groups is 2. The van der Waals surface area contributed by atoms with Crippen LogP contribution in [0.4, 0.5) is 18.0 Å². The lowest BCUT2D eigenvalue weighted by Crippen LogP contribution is -2.48. The number of hydrogen-bond donors (Lipinski definition) is 2. The minimum Gasteiger partial charge on any atom is -0.493 e. The minimum atomic E-state index is -4.43. The fourth-order valence-corrected chi connectivity index (χ4v) is 4.74. The zero-order valence-electron chi connectivity index (χ0n) is 20.0. The predicted octanol–water partition coefficient (Wildman–Crippen LogP) is 3.36. The molecule has 10 heteroatoms. The molecular formula is C26H31F3N4O3. The third-order valence-electron chi connectivity index (χ3n) is 6.51. The van der Waals surface area contributed by atoms with Crippen LogP contribution < -0.4 is 15.4 Å². The molecule has 0 saturated carbocycles. The first-order valence-electron chi connectivity index (χ1n) is 12.1. The summed E-state index contributed by atoms with van der Waals surface area (Å²) in [5, 5.41) is 5.69. The molecule has 0 unspecified atom stereocenters. The molecule has 0 radical (unpaired) electrons. The first-order valence-corrected chi connectivity index (χ1v) is 12.1. The zero-order chi connectivity index (χ0) is 25.5.